The number of halogens is 1. The van der Waals surface area contributed by atoms with Gasteiger partial charge in [0.15, 0.2) is 0 Å². The maximum absolute atomic E-state index is 12.8. The van der Waals surface area contributed by atoms with Gasteiger partial charge in [0.25, 0.3) is 5.91 Å². The summed E-state index contributed by atoms with van der Waals surface area (Å²) in [6, 6.07) is 17.3. The van der Waals surface area contributed by atoms with Crippen molar-refractivity contribution in [2.24, 2.45) is 4.99 Å². The van der Waals surface area contributed by atoms with Gasteiger partial charge in [0, 0.05) is 23.0 Å². The molecule has 3 aromatic rings. The van der Waals surface area contributed by atoms with Crippen LogP contribution in [0.15, 0.2) is 89.8 Å². The summed E-state index contributed by atoms with van der Waals surface area (Å²) >= 11 is 5.90. The van der Waals surface area contributed by atoms with E-state index in [1.807, 2.05) is 61.5 Å². The summed E-state index contributed by atoms with van der Waals surface area (Å²) in [5.74, 6) is 0.378. The molecule has 0 radical (unpaired) electrons. The van der Waals surface area contributed by atoms with Crippen molar-refractivity contribution in [2.45, 2.75) is 19.9 Å². The van der Waals surface area contributed by atoms with Gasteiger partial charge in [-0.15, -0.1) is 0 Å². The van der Waals surface area contributed by atoms with E-state index in [1.54, 1.807) is 25.4 Å². The van der Waals surface area contributed by atoms with Crippen LogP contribution >= 0.6 is 11.6 Å². The second kappa shape index (κ2) is 11.0. The van der Waals surface area contributed by atoms with Crippen molar-refractivity contribution >= 4 is 41.3 Å². The average molecular weight is 446 g/mol. The zero-order valence-corrected chi connectivity index (χ0v) is 18.7. The van der Waals surface area contributed by atoms with Crippen molar-refractivity contribution in [3.05, 3.63) is 101 Å². The molecule has 0 unspecified atom stereocenters. The van der Waals surface area contributed by atoms with E-state index in [0.717, 1.165) is 16.7 Å². The van der Waals surface area contributed by atoms with Gasteiger partial charge >= 0.3 is 0 Å². The van der Waals surface area contributed by atoms with Gasteiger partial charge in [-0.05, 0) is 49.9 Å². The number of carbonyl (C=O) groups is 1. The Bertz CT molecular complexity index is 1160. The quantitative estimate of drug-likeness (QED) is 0.256. The molecule has 1 heterocycles. The van der Waals surface area contributed by atoms with Crippen molar-refractivity contribution in [3.8, 4) is 0 Å². The highest BCUT2D eigenvalue weighted by Gasteiger charge is 2.11. The summed E-state index contributed by atoms with van der Waals surface area (Å²) in [5.41, 5.74) is 3.99. The van der Waals surface area contributed by atoms with Gasteiger partial charge in [-0.2, -0.15) is 0 Å². The lowest BCUT2D eigenvalue weighted by Gasteiger charge is -2.16. The maximum atomic E-state index is 12.8. The lowest BCUT2D eigenvalue weighted by Crippen LogP contribution is -2.14. The second-order valence-electron chi connectivity index (χ2n) is 7.13. The van der Waals surface area contributed by atoms with Crippen molar-refractivity contribution in [1.82, 2.24) is 9.97 Å². The van der Waals surface area contributed by atoms with Crippen LogP contribution in [-0.4, -0.2) is 22.6 Å². The van der Waals surface area contributed by atoms with Gasteiger partial charge in [-0.1, -0.05) is 54.1 Å². The molecule has 0 aliphatic carbocycles. The fourth-order valence-electron chi connectivity index (χ4n) is 3.06. The SMILES string of the molecule is C=N/C=C(\C=C(/C)C(=O)Nc1cccc([C@H](C)Nc2cncc(Cl)n2)c1)c1ccccc1. The fourth-order valence-corrected chi connectivity index (χ4v) is 3.20. The molecule has 1 aromatic heterocycles. The Hall–Kier alpha value is -3.77. The van der Waals surface area contributed by atoms with Gasteiger partial charge in [0.1, 0.15) is 11.0 Å². The van der Waals surface area contributed by atoms with Crippen LogP contribution in [0.3, 0.4) is 0 Å². The highest BCUT2D eigenvalue weighted by molar-refractivity contribution is 6.29. The number of nitrogens with one attached hydrogen (secondary N) is 2. The molecule has 3 rings (SSSR count). The van der Waals surface area contributed by atoms with E-state index in [0.29, 0.717) is 22.2 Å². The van der Waals surface area contributed by atoms with Crippen LogP contribution in [0.25, 0.3) is 5.57 Å². The molecule has 7 heteroatoms. The molecule has 0 aliphatic rings. The van der Waals surface area contributed by atoms with Crippen LogP contribution in [0, 0.1) is 0 Å². The minimum Gasteiger partial charge on any atom is -0.362 e. The zero-order valence-electron chi connectivity index (χ0n) is 17.9. The number of amides is 1. The molecule has 1 amide bonds. The molecule has 0 fully saturated rings. The number of nitrogens with zero attached hydrogens (tertiary/aromatic N) is 3. The lowest BCUT2D eigenvalue weighted by atomic mass is 10.0. The Morgan fingerprint density at radius 3 is 2.66 bits per heavy atom. The first-order valence-corrected chi connectivity index (χ1v) is 10.4. The van der Waals surface area contributed by atoms with Crippen LogP contribution in [-0.2, 0) is 4.79 Å². The summed E-state index contributed by atoms with van der Waals surface area (Å²) in [7, 11) is 0. The van der Waals surface area contributed by atoms with E-state index in [-0.39, 0.29) is 11.9 Å². The first-order valence-electron chi connectivity index (χ1n) is 10.0. The molecular formula is C25H24ClN5O. The Kier molecular flexibility index (Phi) is 7.89. The molecule has 0 aliphatic heterocycles. The summed E-state index contributed by atoms with van der Waals surface area (Å²) in [4.78, 5) is 24.9. The first-order chi connectivity index (χ1) is 15.5. The molecule has 0 bridgehead atoms. The van der Waals surface area contributed by atoms with Gasteiger partial charge in [-0.3, -0.25) is 14.8 Å². The molecule has 32 heavy (non-hydrogen) atoms. The van der Waals surface area contributed by atoms with Gasteiger partial charge in [0.2, 0.25) is 0 Å². The zero-order chi connectivity index (χ0) is 22.9. The number of hydrogen-bond acceptors (Lipinski definition) is 5. The number of benzene rings is 2. The van der Waals surface area contributed by atoms with E-state index in [9.17, 15) is 4.79 Å². The third-order valence-electron chi connectivity index (χ3n) is 4.68. The van der Waals surface area contributed by atoms with Gasteiger partial charge in [0.05, 0.1) is 18.4 Å². The molecule has 0 saturated carbocycles. The number of anilines is 2. The minimum absolute atomic E-state index is 0.0671. The number of aliphatic imine (C=N–C) groups is 1. The molecule has 162 valence electrons. The molecule has 6 nitrogen and oxygen atoms in total. The third-order valence-corrected chi connectivity index (χ3v) is 4.86. The second-order valence-corrected chi connectivity index (χ2v) is 7.52. The Balaban J connectivity index is 1.72. The predicted molar refractivity (Wildman–Crippen MR) is 132 cm³/mol. The van der Waals surface area contributed by atoms with E-state index in [2.05, 4.69) is 32.3 Å². The van der Waals surface area contributed by atoms with E-state index in [4.69, 9.17) is 11.6 Å². The number of allylic oxidation sites excluding steroid dienone is 2. The normalized spacial score (nSPS) is 12.7. The Labute approximate surface area is 192 Å². The third kappa shape index (κ3) is 6.36. The van der Waals surface area contributed by atoms with E-state index in [1.165, 1.54) is 6.20 Å². The van der Waals surface area contributed by atoms with Crippen molar-refractivity contribution in [2.75, 3.05) is 10.6 Å². The molecule has 2 N–H and O–H groups in total. The molecule has 0 saturated heterocycles. The lowest BCUT2D eigenvalue weighted by molar-refractivity contribution is -0.112. The highest BCUT2D eigenvalue weighted by atomic mass is 35.5. The smallest absolute Gasteiger partial charge is 0.251 e. The predicted octanol–water partition coefficient (Wildman–Crippen LogP) is 5.93. The maximum Gasteiger partial charge on any atom is 0.251 e. The van der Waals surface area contributed by atoms with Gasteiger partial charge in [-0.25, -0.2) is 4.98 Å². The molecule has 2 aromatic carbocycles. The highest BCUT2D eigenvalue weighted by Crippen LogP contribution is 2.22. The van der Waals surface area contributed by atoms with Crippen LogP contribution in [0.1, 0.15) is 31.0 Å². The van der Waals surface area contributed by atoms with Crippen LogP contribution in [0.5, 0.6) is 0 Å². The molecule has 1 atom stereocenters. The summed E-state index contributed by atoms with van der Waals surface area (Å²) < 4.78 is 0. The number of rotatable bonds is 8. The summed E-state index contributed by atoms with van der Waals surface area (Å²) in [6.07, 6.45) is 6.52. The van der Waals surface area contributed by atoms with Crippen LogP contribution in [0.2, 0.25) is 5.15 Å². The number of aromatic nitrogens is 2. The Morgan fingerprint density at radius 1 is 1.16 bits per heavy atom. The van der Waals surface area contributed by atoms with Crippen LogP contribution < -0.4 is 10.6 Å². The topological polar surface area (TPSA) is 79.3 Å². The fraction of sp³-hybridized carbons (Fsp3) is 0.120. The Morgan fingerprint density at radius 2 is 1.94 bits per heavy atom. The molecule has 0 spiro atoms. The van der Waals surface area contributed by atoms with E-state index < -0.39 is 0 Å². The number of carbonyl (C=O) groups excluding carboxylic acids is 1. The molecular weight excluding hydrogens is 422 g/mol. The minimum atomic E-state index is -0.200. The van der Waals surface area contributed by atoms with Gasteiger partial charge < -0.3 is 10.6 Å². The summed E-state index contributed by atoms with van der Waals surface area (Å²) in [6.45, 7) is 7.29. The van der Waals surface area contributed by atoms with Crippen LogP contribution in [0.4, 0.5) is 11.5 Å². The van der Waals surface area contributed by atoms with Crippen molar-refractivity contribution in [3.63, 3.8) is 0 Å². The van der Waals surface area contributed by atoms with E-state index >= 15 is 0 Å². The largest absolute Gasteiger partial charge is 0.362 e. The first kappa shape index (κ1) is 22.9. The average Bonchev–Trinajstić information content (AvgIpc) is 2.79. The summed E-state index contributed by atoms with van der Waals surface area (Å²) in [5, 5.41) is 6.53. The monoisotopic (exact) mass is 445 g/mol. The van der Waals surface area contributed by atoms with Crippen molar-refractivity contribution < 1.29 is 4.79 Å². The van der Waals surface area contributed by atoms with Crippen molar-refractivity contribution in [1.29, 1.82) is 0 Å². The number of hydrogen-bond donors (Lipinski definition) is 2. The standard InChI is InChI=1S/C25H24ClN5O/c1-17(12-21(14-27-3)19-8-5-4-6-9-19)25(32)30-22-11-7-10-20(13-22)18(2)29-24-16-28-15-23(26)31-24/h4-16,18H,3H2,1-2H3,(H,29,31)(H,30,32)/b17-12+,21-14+/t18-/m0/s1.